The van der Waals surface area contributed by atoms with Crippen molar-refractivity contribution in [3.63, 3.8) is 0 Å². The smallest absolute Gasteiger partial charge is 0.408 e. The van der Waals surface area contributed by atoms with Crippen molar-refractivity contribution < 1.29 is 28.6 Å². The van der Waals surface area contributed by atoms with Crippen LogP contribution in [0.15, 0.2) is 18.3 Å². The normalized spacial score (nSPS) is 12.0. The number of nitrogens with zero attached hydrogens (tertiary/aromatic N) is 1. The zero-order valence-electron chi connectivity index (χ0n) is 14.4. The molecule has 0 saturated heterocycles. The van der Waals surface area contributed by atoms with Gasteiger partial charge in [0.05, 0.1) is 25.5 Å². The number of methoxy groups -OCH3 is 2. The van der Waals surface area contributed by atoms with E-state index in [0.29, 0.717) is 5.69 Å². The predicted octanol–water partition coefficient (Wildman–Crippen LogP) is 1.48. The lowest BCUT2D eigenvalue weighted by Gasteiger charge is -2.22. The van der Waals surface area contributed by atoms with Gasteiger partial charge in [-0.25, -0.2) is 14.4 Å². The summed E-state index contributed by atoms with van der Waals surface area (Å²) >= 11 is 0. The van der Waals surface area contributed by atoms with Crippen molar-refractivity contribution in [2.45, 2.75) is 38.8 Å². The van der Waals surface area contributed by atoms with E-state index in [2.05, 4.69) is 19.8 Å². The highest BCUT2D eigenvalue weighted by molar-refractivity contribution is 5.91. The SMILES string of the molecule is COC(=O)c1cccnc1C[C@@H](NC(=O)OC(C)(C)C)C(=O)OC. The molecule has 0 aromatic carbocycles. The van der Waals surface area contributed by atoms with Crippen LogP contribution in [0.3, 0.4) is 0 Å². The number of aromatic nitrogens is 1. The first-order chi connectivity index (χ1) is 11.2. The summed E-state index contributed by atoms with van der Waals surface area (Å²) in [6.45, 7) is 5.11. The predicted molar refractivity (Wildman–Crippen MR) is 84.5 cm³/mol. The number of hydrogen-bond acceptors (Lipinski definition) is 7. The van der Waals surface area contributed by atoms with Gasteiger partial charge < -0.3 is 19.5 Å². The molecule has 24 heavy (non-hydrogen) atoms. The summed E-state index contributed by atoms with van der Waals surface area (Å²) in [6, 6.07) is 2.04. The Labute approximate surface area is 140 Å². The maximum atomic E-state index is 11.9. The van der Waals surface area contributed by atoms with Crippen molar-refractivity contribution in [2.24, 2.45) is 0 Å². The van der Waals surface area contributed by atoms with E-state index in [4.69, 9.17) is 4.74 Å². The van der Waals surface area contributed by atoms with Gasteiger partial charge in [-0.3, -0.25) is 4.98 Å². The Bertz CT molecular complexity index is 609. The van der Waals surface area contributed by atoms with Crippen molar-refractivity contribution in [1.29, 1.82) is 0 Å². The Morgan fingerprint density at radius 3 is 2.42 bits per heavy atom. The molecule has 1 aromatic rings. The molecule has 8 heteroatoms. The average Bonchev–Trinajstić information content (AvgIpc) is 2.51. The van der Waals surface area contributed by atoms with E-state index < -0.39 is 29.7 Å². The van der Waals surface area contributed by atoms with Crippen molar-refractivity contribution in [3.05, 3.63) is 29.6 Å². The summed E-state index contributed by atoms with van der Waals surface area (Å²) in [5.74, 6) is -1.26. The van der Waals surface area contributed by atoms with Crippen molar-refractivity contribution >= 4 is 18.0 Å². The van der Waals surface area contributed by atoms with Crippen LogP contribution in [0.2, 0.25) is 0 Å². The van der Waals surface area contributed by atoms with E-state index in [9.17, 15) is 14.4 Å². The van der Waals surface area contributed by atoms with Crippen LogP contribution in [-0.2, 0) is 25.4 Å². The quantitative estimate of drug-likeness (QED) is 0.640. The molecular weight excluding hydrogens is 316 g/mol. The zero-order chi connectivity index (χ0) is 18.3. The van der Waals surface area contributed by atoms with Crippen molar-refractivity contribution in [1.82, 2.24) is 10.3 Å². The maximum absolute atomic E-state index is 11.9. The van der Waals surface area contributed by atoms with Gasteiger partial charge in [0.15, 0.2) is 0 Å². The number of hydrogen-bond donors (Lipinski definition) is 1. The molecule has 8 nitrogen and oxygen atoms in total. The van der Waals surface area contributed by atoms with E-state index in [1.165, 1.54) is 26.5 Å². The van der Waals surface area contributed by atoms with Crippen LogP contribution in [0.1, 0.15) is 36.8 Å². The second kappa shape index (κ2) is 8.28. The van der Waals surface area contributed by atoms with Crippen LogP contribution in [0.5, 0.6) is 0 Å². The van der Waals surface area contributed by atoms with Gasteiger partial charge in [-0.15, -0.1) is 0 Å². The third-order valence-electron chi connectivity index (χ3n) is 2.87. The first-order valence-corrected chi connectivity index (χ1v) is 7.27. The van der Waals surface area contributed by atoms with E-state index >= 15 is 0 Å². The van der Waals surface area contributed by atoms with E-state index in [1.807, 2.05) is 0 Å². The topological polar surface area (TPSA) is 104 Å². The minimum Gasteiger partial charge on any atom is -0.467 e. The van der Waals surface area contributed by atoms with E-state index in [1.54, 1.807) is 26.8 Å². The number of rotatable bonds is 5. The standard InChI is InChI=1S/C16H22N2O6/c1-16(2,3)24-15(21)18-12(14(20)23-5)9-11-10(13(19)22-4)7-6-8-17-11/h6-8,12H,9H2,1-5H3,(H,18,21)/t12-/m1/s1. The Morgan fingerprint density at radius 2 is 1.88 bits per heavy atom. The number of pyridine rings is 1. The third-order valence-corrected chi connectivity index (χ3v) is 2.87. The maximum Gasteiger partial charge on any atom is 0.408 e. The number of carbonyl (C=O) groups is 3. The number of nitrogens with one attached hydrogen (secondary N) is 1. The molecule has 0 saturated carbocycles. The fraction of sp³-hybridized carbons (Fsp3) is 0.500. The highest BCUT2D eigenvalue weighted by Gasteiger charge is 2.27. The summed E-state index contributed by atoms with van der Waals surface area (Å²) in [5, 5.41) is 2.43. The molecule has 0 spiro atoms. The number of ether oxygens (including phenoxy) is 3. The lowest BCUT2D eigenvalue weighted by molar-refractivity contribution is -0.143. The average molecular weight is 338 g/mol. The minimum absolute atomic E-state index is 0.0445. The molecule has 1 rings (SSSR count). The fourth-order valence-corrected chi connectivity index (χ4v) is 1.88. The number of esters is 2. The second-order valence-electron chi connectivity index (χ2n) is 5.92. The van der Waals surface area contributed by atoms with Crippen molar-refractivity contribution in [3.8, 4) is 0 Å². The lowest BCUT2D eigenvalue weighted by atomic mass is 10.1. The number of amides is 1. The fourth-order valence-electron chi connectivity index (χ4n) is 1.88. The van der Waals surface area contributed by atoms with Crippen LogP contribution in [0.4, 0.5) is 4.79 Å². The van der Waals surface area contributed by atoms with Gasteiger partial charge in [0.25, 0.3) is 0 Å². The van der Waals surface area contributed by atoms with Gasteiger partial charge in [0, 0.05) is 12.6 Å². The summed E-state index contributed by atoms with van der Waals surface area (Å²) in [7, 11) is 2.45. The van der Waals surface area contributed by atoms with Gasteiger partial charge in [-0.1, -0.05) is 0 Å². The molecule has 1 atom stereocenters. The molecule has 0 aliphatic rings. The third kappa shape index (κ3) is 5.86. The molecule has 0 aliphatic carbocycles. The van der Waals surface area contributed by atoms with Crippen LogP contribution >= 0.6 is 0 Å². The van der Waals surface area contributed by atoms with Gasteiger partial charge in [-0.2, -0.15) is 0 Å². The molecule has 0 radical (unpaired) electrons. The Morgan fingerprint density at radius 1 is 1.21 bits per heavy atom. The first-order valence-electron chi connectivity index (χ1n) is 7.27. The monoisotopic (exact) mass is 338 g/mol. The zero-order valence-corrected chi connectivity index (χ0v) is 14.4. The summed E-state index contributed by atoms with van der Waals surface area (Å²) in [6.07, 6.45) is 0.661. The number of alkyl carbamates (subject to hydrolysis) is 1. The minimum atomic E-state index is -1.05. The highest BCUT2D eigenvalue weighted by Crippen LogP contribution is 2.12. The van der Waals surface area contributed by atoms with E-state index in [-0.39, 0.29) is 12.0 Å². The molecule has 1 heterocycles. The molecular formula is C16H22N2O6. The van der Waals surface area contributed by atoms with Gasteiger partial charge in [0.1, 0.15) is 11.6 Å². The van der Waals surface area contributed by atoms with Crippen LogP contribution in [0, 0.1) is 0 Å². The molecule has 1 N–H and O–H groups in total. The highest BCUT2D eigenvalue weighted by atomic mass is 16.6. The molecule has 0 bridgehead atoms. The lowest BCUT2D eigenvalue weighted by Crippen LogP contribution is -2.45. The molecule has 1 aromatic heterocycles. The molecule has 0 aliphatic heterocycles. The summed E-state index contributed by atoms with van der Waals surface area (Å²) < 4.78 is 14.5. The van der Waals surface area contributed by atoms with Gasteiger partial charge >= 0.3 is 18.0 Å². The summed E-state index contributed by atoms with van der Waals surface area (Å²) in [4.78, 5) is 39.7. The second-order valence-corrected chi connectivity index (χ2v) is 5.92. The van der Waals surface area contributed by atoms with Gasteiger partial charge in [-0.05, 0) is 32.9 Å². The van der Waals surface area contributed by atoms with Crippen molar-refractivity contribution in [2.75, 3.05) is 14.2 Å². The number of carbonyl (C=O) groups excluding carboxylic acids is 3. The van der Waals surface area contributed by atoms with Crippen LogP contribution < -0.4 is 5.32 Å². The largest absolute Gasteiger partial charge is 0.467 e. The summed E-state index contributed by atoms with van der Waals surface area (Å²) in [5.41, 5.74) is -0.205. The Kier molecular flexibility index (Phi) is 6.69. The van der Waals surface area contributed by atoms with Crippen LogP contribution in [0.25, 0.3) is 0 Å². The molecule has 1 amide bonds. The molecule has 0 unspecified atom stereocenters. The Balaban J connectivity index is 2.98. The molecule has 0 fully saturated rings. The van der Waals surface area contributed by atoms with Crippen LogP contribution in [-0.4, -0.2) is 48.9 Å². The Hall–Kier alpha value is -2.64. The van der Waals surface area contributed by atoms with Gasteiger partial charge in [0.2, 0.25) is 0 Å². The molecule has 132 valence electrons. The van der Waals surface area contributed by atoms with E-state index in [0.717, 1.165) is 0 Å². The first kappa shape index (κ1) is 19.4.